The van der Waals surface area contributed by atoms with Crippen LogP contribution in [-0.2, 0) is 9.84 Å². The number of unbranched alkanes of at least 4 members (excludes halogenated alkanes) is 2. The summed E-state index contributed by atoms with van der Waals surface area (Å²) < 4.78 is 23.1. The van der Waals surface area contributed by atoms with E-state index in [1.165, 1.54) is 0 Å². The third-order valence-electron chi connectivity index (χ3n) is 2.55. The lowest BCUT2D eigenvalue weighted by molar-refractivity contribution is 0.542. The maximum atomic E-state index is 11.6. The molecule has 0 saturated heterocycles. The van der Waals surface area contributed by atoms with Crippen LogP contribution in [0.5, 0.6) is 0 Å². The van der Waals surface area contributed by atoms with Gasteiger partial charge < -0.3 is 5.32 Å². The molecule has 98 valence electrons. The number of hydrogen-bond acceptors (Lipinski definition) is 3. The van der Waals surface area contributed by atoms with E-state index < -0.39 is 9.84 Å². The SMILES string of the molecule is CCCCCS(=O)(=O)CCNCCC(C)C. The van der Waals surface area contributed by atoms with Crippen LogP contribution in [0.2, 0.25) is 0 Å². The van der Waals surface area contributed by atoms with Gasteiger partial charge in [-0.15, -0.1) is 0 Å². The smallest absolute Gasteiger partial charge is 0.151 e. The molecule has 0 aliphatic heterocycles. The first-order valence-electron chi connectivity index (χ1n) is 6.39. The molecule has 0 rings (SSSR count). The Bertz CT molecular complexity index is 248. The van der Waals surface area contributed by atoms with Crippen molar-refractivity contribution in [3.63, 3.8) is 0 Å². The maximum Gasteiger partial charge on any atom is 0.151 e. The third-order valence-corrected chi connectivity index (χ3v) is 4.28. The molecule has 0 unspecified atom stereocenters. The van der Waals surface area contributed by atoms with Crippen LogP contribution in [0.4, 0.5) is 0 Å². The van der Waals surface area contributed by atoms with Gasteiger partial charge in [0.15, 0.2) is 9.84 Å². The van der Waals surface area contributed by atoms with E-state index in [9.17, 15) is 8.42 Å². The van der Waals surface area contributed by atoms with Crippen LogP contribution in [-0.4, -0.2) is 33.0 Å². The summed E-state index contributed by atoms with van der Waals surface area (Å²) in [5.74, 6) is 1.32. The zero-order chi connectivity index (χ0) is 12.4. The van der Waals surface area contributed by atoms with Crippen molar-refractivity contribution in [1.29, 1.82) is 0 Å². The fourth-order valence-corrected chi connectivity index (χ4v) is 2.72. The Morgan fingerprint density at radius 2 is 1.75 bits per heavy atom. The Kier molecular flexibility index (Phi) is 8.94. The second kappa shape index (κ2) is 8.99. The van der Waals surface area contributed by atoms with E-state index in [0.29, 0.717) is 18.2 Å². The van der Waals surface area contributed by atoms with Crippen molar-refractivity contribution < 1.29 is 8.42 Å². The summed E-state index contributed by atoms with van der Waals surface area (Å²) in [5, 5.41) is 3.18. The van der Waals surface area contributed by atoms with Crippen molar-refractivity contribution in [3.05, 3.63) is 0 Å². The zero-order valence-electron chi connectivity index (χ0n) is 11.0. The highest BCUT2D eigenvalue weighted by Gasteiger charge is 2.09. The average Bonchev–Trinajstić information content (AvgIpc) is 2.16. The monoisotopic (exact) mass is 249 g/mol. The molecule has 0 aromatic rings. The van der Waals surface area contributed by atoms with Crippen molar-refractivity contribution in [2.75, 3.05) is 24.6 Å². The van der Waals surface area contributed by atoms with Gasteiger partial charge in [0.2, 0.25) is 0 Å². The van der Waals surface area contributed by atoms with Gasteiger partial charge in [-0.2, -0.15) is 0 Å². The van der Waals surface area contributed by atoms with Crippen molar-refractivity contribution >= 4 is 9.84 Å². The van der Waals surface area contributed by atoms with E-state index in [4.69, 9.17) is 0 Å². The van der Waals surface area contributed by atoms with Gasteiger partial charge in [-0.25, -0.2) is 8.42 Å². The largest absolute Gasteiger partial charge is 0.316 e. The van der Waals surface area contributed by atoms with Crippen LogP contribution in [0.1, 0.15) is 46.5 Å². The lowest BCUT2D eigenvalue weighted by Crippen LogP contribution is -2.25. The Morgan fingerprint density at radius 1 is 1.06 bits per heavy atom. The van der Waals surface area contributed by atoms with Gasteiger partial charge in [-0.05, 0) is 25.3 Å². The molecule has 0 aliphatic rings. The first-order valence-corrected chi connectivity index (χ1v) is 8.21. The molecule has 0 heterocycles. The van der Waals surface area contributed by atoms with Crippen LogP contribution in [0.25, 0.3) is 0 Å². The second-order valence-corrected chi connectivity index (χ2v) is 7.10. The molecule has 0 amide bonds. The van der Waals surface area contributed by atoms with Crippen molar-refractivity contribution in [2.24, 2.45) is 5.92 Å². The lowest BCUT2D eigenvalue weighted by Gasteiger charge is -2.07. The molecule has 0 aliphatic carbocycles. The normalized spacial score (nSPS) is 12.2. The standard InChI is InChI=1S/C12H27NO2S/c1-4-5-6-10-16(14,15)11-9-13-8-7-12(2)3/h12-13H,4-11H2,1-3H3. The van der Waals surface area contributed by atoms with Crippen LogP contribution >= 0.6 is 0 Å². The highest BCUT2D eigenvalue weighted by Crippen LogP contribution is 2.00. The van der Waals surface area contributed by atoms with E-state index in [-0.39, 0.29) is 5.75 Å². The fourth-order valence-electron chi connectivity index (χ4n) is 1.42. The van der Waals surface area contributed by atoms with Gasteiger partial charge >= 0.3 is 0 Å². The summed E-state index contributed by atoms with van der Waals surface area (Å²) in [6.45, 7) is 7.94. The molecular weight excluding hydrogens is 222 g/mol. The Balaban J connectivity index is 3.51. The molecule has 0 atom stereocenters. The molecule has 0 radical (unpaired) electrons. The minimum Gasteiger partial charge on any atom is -0.316 e. The molecule has 0 spiro atoms. The average molecular weight is 249 g/mol. The molecule has 0 aromatic carbocycles. The lowest BCUT2D eigenvalue weighted by atomic mass is 10.1. The molecule has 16 heavy (non-hydrogen) atoms. The number of hydrogen-bond donors (Lipinski definition) is 1. The van der Waals surface area contributed by atoms with E-state index in [2.05, 4.69) is 26.1 Å². The zero-order valence-corrected chi connectivity index (χ0v) is 11.8. The molecule has 0 fully saturated rings. The van der Waals surface area contributed by atoms with Crippen LogP contribution in [0, 0.1) is 5.92 Å². The Labute approximate surface area is 101 Å². The number of rotatable bonds is 10. The van der Waals surface area contributed by atoms with Crippen molar-refractivity contribution in [3.8, 4) is 0 Å². The minimum atomic E-state index is -2.82. The maximum absolute atomic E-state index is 11.6. The highest BCUT2D eigenvalue weighted by atomic mass is 32.2. The fraction of sp³-hybridized carbons (Fsp3) is 1.00. The Hall–Kier alpha value is -0.0900. The second-order valence-electron chi connectivity index (χ2n) is 4.79. The predicted octanol–water partition coefficient (Wildman–Crippen LogP) is 2.23. The summed E-state index contributed by atoms with van der Waals surface area (Å²) in [5.41, 5.74) is 0. The van der Waals surface area contributed by atoms with Gasteiger partial charge in [0, 0.05) is 6.54 Å². The third kappa shape index (κ3) is 10.4. The molecular formula is C12H27NO2S. The Morgan fingerprint density at radius 3 is 2.31 bits per heavy atom. The molecule has 0 bridgehead atoms. The predicted molar refractivity (Wildman–Crippen MR) is 70.5 cm³/mol. The minimum absolute atomic E-state index is 0.287. The first kappa shape index (κ1) is 15.9. The van der Waals surface area contributed by atoms with E-state index in [0.717, 1.165) is 32.2 Å². The summed E-state index contributed by atoms with van der Waals surface area (Å²) in [6.07, 6.45) is 4.00. The van der Waals surface area contributed by atoms with Crippen LogP contribution in [0.3, 0.4) is 0 Å². The van der Waals surface area contributed by atoms with Gasteiger partial charge in [-0.1, -0.05) is 33.6 Å². The topological polar surface area (TPSA) is 46.2 Å². The summed E-state index contributed by atoms with van der Waals surface area (Å²) >= 11 is 0. The molecule has 4 heteroatoms. The summed E-state index contributed by atoms with van der Waals surface area (Å²) in [7, 11) is -2.82. The first-order chi connectivity index (χ1) is 7.48. The summed E-state index contributed by atoms with van der Waals surface area (Å²) in [6, 6.07) is 0. The molecule has 3 nitrogen and oxygen atoms in total. The van der Waals surface area contributed by atoms with E-state index in [1.54, 1.807) is 0 Å². The van der Waals surface area contributed by atoms with E-state index >= 15 is 0 Å². The summed E-state index contributed by atoms with van der Waals surface area (Å²) in [4.78, 5) is 0. The molecule has 0 saturated carbocycles. The quantitative estimate of drug-likeness (QED) is 0.604. The number of nitrogens with one attached hydrogen (secondary N) is 1. The van der Waals surface area contributed by atoms with Gasteiger partial charge in [0.25, 0.3) is 0 Å². The van der Waals surface area contributed by atoms with Gasteiger partial charge in [0.05, 0.1) is 11.5 Å². The molecule has 0 aromatic heterocycles. The van der Waals surface area contributed by atoms with Crippen LogP contribution in [0.15, 0.2) is 0 Å². The van der Waals surface area contributed by atoms with Crippen molar-refractivity contribution in [2.45, 2.75) is 46.5 Å². The van der Waals surface area contributed by atoms with Gasteiger partial charge in [0.1, 0.15) is 0 Å². The van der Waals surface area contributed by atoms with Gasteiger partial charge in [-0.3, -0.25) is 0 Å². The van der Waals surface area contributed by atoms with Crippen LogP contribution < -0.4 is 5.32 Å². The highest BCUT2D eigenvalue weighted by molar-refractivity contribution is 7.91. The van der Waals surface area contributed by atoms with E-state index in [1.807, 2.05) is 0 Å². The van der Waals surface area contributed by atoms with Crippen molar-refractivity contribution in [1.82, 2.24) is 5.32 Å². The molecule has 1 N–H and O–H groups in total. The number of sulfone groups is 1.